The second-order valence-corrected chi connectivity index (χ2v) is 7.38. The molecule has 1 aromatic rings. The van der Waals surface area contributed by atoms with Gasteiger partial charge in [-0.2, -0.15) is 0 Å². The van der Waals surface area contributed by atoms with E-state index in [-0.39, 0.29) is 24.4 Å². The van der Waals surface area contributed by atoms with Crippen LogP contribution in [0.4, 0.5) is 5.69 Å². The highest BCUT2D eigenvalue weighted by Gasteiger charge is 2.22. The molecule has 0 spiro atoms. The number of hydrogen-bond acceptors (Lipinski definition) is 2. The first-order valence-electron chi connectivity index (χ1n) is 8.03. The van der Waals surface area contributed by atoms with Gasteiger partial charge in [0.1, 0.15) is 0 Å². The number of hydrogen-bond donors (Lipinski definition) is 2. The third-order valence-corrected chi connectivity index (χ3v) is 4.15. The molecular formula is C18H29ClN2O. The van der Waals surface area contributed by atoms with Gasteiger partial charge in [0, 0.05) is 12.1 Å². The molecule has 1 aliphatic rings. The maximum Gasteiger partial charge on any atom is 0.220 e. The van der Waals surface area contributed by atoms with Crippen LogP contribution in [0.5, 0.6) is 0 Å². The van der Waals surface area contributed by atoms with Crippen molar-refractivity contribution in [2.75, 3.05) is 5.73 Å². The average molecular weight is 325 g/mol. The number of fused-ring (bicyclic) bond motifs is 1. The van der Waals surface area contributed by atoms with Gasteiger partial charge in [-0.05, 0) is 60.8 Å². The summed E-state index contributed by atoms with van der Waals surface area (Å²) in [7, 11) is 0. The number of aryl methyl sites for hydroxylation is 1. The molecule has 1 amide bonds. The Bertz CT molecular complexity index is 508. The van der Waals surface area contributed by atoms with Crippen LogP contribution >= 0.6 is 12.4 Å². The van der Waals surface area contributed by atoms with E-state index in [2.05, 4.69) is 32.2 Å². The van der Waals surface area contributed by atoms with Gasteiger partial charge in [-0.25, -0.2) is 0 Å². The standard InChI is InChI=1S/C18H28N2O.ClH/c1-18(2,3)11-5-8-17(21)20-16-7-4-6-13-12-14(19)9-10-15(13)16;/h9-10,12,16H,4-8,11,19H2,1-3H3,(H,20,21);1H. The zero-order chi connectivity index (χ0) is 15.5. The number of nitrogens with two attached hydrogens (primary N) is 1. The van der Waals surface area contributed by atoms with E-state index in [1.807, 2.05) is 12.1 Å². The Labute approximate surface area is 140 Å². The second-order valence-electron chi connectivity index (χ2n) is 7.38. The van der Waals surface area contributed by atoms with Crippen LogP contribution in [0.15, 0.2) is 18.2 Å². The molecule has 0 saturated carbocycles. The highest BCUT2D eigenvalue weighted by molar-refractivity contribution is 5.85. The van der Waals surface area contributed by atoms with Crippen molar-refractivity contribution in [2.24, 2.45) is 5.41 Å². The summed E-state index contributed by atoms with van der Waals surface area (Å²) in [5, 5.41) is 3.20. The molecule has 1 unspecified atom stereocenters. The van der Waals surface area contributed by atoms with Crippen LogP contribution in [0, 0.1) is 5.41 Å². The van der Waals surface area contributed by atoms with Crippen LogP contribution in [0.25, 0.3) is 0 Å². The van der Waals surface area contributed by atoms with Gasteiger partial charge >= 0.3 is 0 Å². The van der Waals surface area contributed by atoms with E-state index < -0.39 is 0 Å². The van der Waals surface area contributed by atoms with Crippen molar-refractivity contribution in [3.05, 3.63) is 29.3 Å². The highest BCUT2D eigenvalue weighted by atomic mass is 35.5. The molecule has 4 heteroatoms. The lowest BCUT2D eigenvalue weighted by molar-refractivity contribution is -0.122. The van der Waals surface area contributed by atoms with E-state index in [1.165, 1.54) is 11.1 Å². The van der Waals surface area contributed by atoms with Crippen molar-refractivity contribution >= 4 is 24.0 Å². The molecule has 2 rings (SSSR count). The van der Waals surface area contributed by atoms with E-state index in [0.29, 0.717) is 11.8 Å². The Morgan fingerprint density at radius 3 is 2.77 bits per heavy atom. The van der Waals surface area contributed by atoms with Crippen molar-refractivity contribution in [1.82, 2.24) is 5.32 Å². The molecule has 0 bridgehead atoms. The lowest BCUT2D eigenvalue weighted by Crippen LogP contribution is -2.31. The van der Waals surface area contributed by atoms with Crippen LogP contribution in [0.1, 0.15) is 70.0 Å². The van der Waals surface area contributed by atoms with Gasteiger partial charge in [0.15, 0.2) is 0 Å². The van der Waals surface area contributed by atoms with Crippen molar-refractivity contribution in [2.45, 2.75) is 65.3 Å². The summed E-state index contributed by atoms with van der Waals surface area (Å²) < 4.78 is 0. The number of amides is 1. The molecule has 0 radical (unpaired) electrons. The predicted octanol–water partition coefficient (Wildman–Crippen LogP) is 4.40. The minimum absolute atomic E-state index is 0. The quantitative estimate of drug-likeness (QED) is 0.806. The zero-order valence-corrected chi connectivity index (χ0v) is 14.8. The summed E-state index contributed by atoms with van der Waals surface area (Å²) in [6, 6.07) is 6.22. The first kappa shape index (κ1) is 18.8. The monoisotopic (exact) mass is 324 g/mol. The Balaban J connectivity index is 0.00000242. The molecule has 124 valence electrons. The van der Waals surface area contributed by atoms with Crippen molar-refractivity contribution in [3.63, 3.8) is 0 Å². The van der Waals surface area contributed by atoms with Crippen molar-refractivity contribution < 1.29 is 4.79 Å². The number of rotatable bonds is 4. The van der Waals surface area contributed by atoms with Gasteiger partial charge in [0.25, 0.3) is 0 Å². The highest BCUT2D eigenvalue weighted by Crippen LogP contribution is 2.31. The zero-order valence-electron chi connectivity index (χ0n) is 13.9. The normalized spacial score (nSPS) is 17.3. The molecule has 3 nitrogen and oxygen atoms in total. The molecule has 0 fully saturated rings. The maximum atomic E-state index is 12.1. The van der Waals surface area contributed by atoms with Crippen molar-refractivity contribution in [1.29, 1.82) is 0 Å². The summed E-state index contributed by atoms with van der Waals surface area (Å²) in [5.74, 6) is 0.175. The number of anilines is 1. The number of nitrogens with one attached hydrogen (secondary N) is 1. The lowest BCUT2D eigenvalue weighted by atomic mass is 9.87. The number of carbonyl (C=O) groups excluding carboxylic acids is 1. The Morgan fingerprint density at radius 2 is 2.09 bits per heavy atom. The van der Waals surface area contributed by atoms with E-state index in [1.54, 1.807) is 0 Å². The smallest absolute Gasteiger partial charge is 0.220 e. The van der Waals surface area contributed by atoms with Gasteiger partial charge in [0.2, 0.25) is 5.91 Å². The maximum absolute atomic E-state index is 12.1. The molecule has 0 saturated heterocycles. The summed E-state index contributed by atoms with van der Waals surface area (Å²) in [4.78, 5) is 12.1. The summed E-state index contributed by atoms with van der Waals surface area (Å²) in [6.45, 7) is 6.64. The fourth-order valence-corrected chi connectivity index (χ4v) is 3.03. The van der Waals surface area contributed by atoms with Gasteiger partial charge in [-0.3, -0.25) is 4.79 Å². The van der Waals surface area contributed by atoms with Gasteiger partial charge < -0.3 is 11.1 Å². The first-order chi connectivity index (χ1) is 9.85. The molecule has 0 aromatic heterocycles. The summed E-state index contributed by atoms with van der Waals surface area (Å²) in [5.41, 5.74) is 9.50. The van der Waals surface area contributed by atoms with Crippen LogP contribution in [-0.2, 0) is 11.2 Å². The van der Waals surface area contributed by atoms with Crippen LogP contribution in [0.2, 0.25) is 0 Å². The molecule has 0 aliphatic heterocycles. The Hall–Kier alpha value is -1.22. The third kappa shape index (κ3) is 5.53. The SMILES string of the molecule is CC(C)(C)CCCC(=O)NC1CCCc2cc(N)ccc21.Cl. The molecule has 1 aliphatic carbocycles. The average Bonchev–Trinajstić information content (AvgIpc) is 2.37. The third-order valence-electron chi connectivity index (χ3n) is 4.15. The molecule has 1 aromatic carbocycles. The Morgan fingerprint density at radius 1 is 1.36 bits per heavy atom. The number of halogens is 1. The van der Waals surface area contributed by atoms with E-state index in [0.717, 1.165) is 37.8 Å². The summed E-state index contributed by atoms with van der Waals surface area (Å²) >= 11 is 0. The molecule has 1 atom stereocenters. The van der Waals surface area contributed by atoms with Crippen LogP contribution in [0.3, 0.4) is 0 Å². The topological polar surface area (TPSA) is 55.1 Å². The van der Waals surface area contributed by atoms with Gasteiger partial charge in [0.05, 0.1) is 6.04 Å². The molecule has 22 heavy (non-hydrogen) atoms. The van der Waals surface area contributed by atoms with E-state index in [9.17, 15) is 4.79 Å². The minimum Gasteiger partial charge on any atom is -0.399 e. The number of benzene rings is 1. The molecular weight excluding hydrogens is 296 g/mol. The van der Waals surface area contributed by atoms with Crippen LogP contribution < -0.4 is 11.1 Å². The second kappa shape index (κ2) is 7.87. The first-order valence-corrected chi connectivity index (χ1v) is 8.03. The van der Waals surface area contributed by atoms with Crippen molar-refractivity contribution in [3.8, 4) is 0 Å². The summed E-state index contributed by atoms with van der Waals surface area (Å²) in [6.07, 6.45) is 5.87. The van der Waals surface area contributed by atoms with Gasteiger partial charge in [-0.1, -0.05) is 26.8 Å². The number of carbonyl (C=O) groups is 1. The molecule has 3 N–H and O–H groups in total. The fraction of sp³-hybridized carbons (Fsp3) is 0.611. The predicted molar refractivity (Wildman–Crippen MR) is 95.2 cm³/mol. The largest absolute Gasteiger partial charge is 0.399 e. The number of nitrogen functional groups attached to an aromatic ring is 1. The minimum atomic E-state index is 0. The van der Waals surface area contributed by atoms with E-state index >= 15 is 0 Å². The fourth-order valence-electron chi connectivity index (χ4n) is 3.03. The lowest BCUT2D eigenvalue weighted by Gasteiger charge is -2.27. The molecule has 0 heterocycles. The van der Waals surface area contributed by atoms with E-state index in [4.69, 9.17) is 5.73 Å². The Kier molecular flexibility index (Phi) is 6.73. The van der Waals surface area contributed by atoms with Gasteiger partial charge in [-0.15, -0.1) is 12.4 Å². The van der Waals surface area contributed by atoms with Crippen LogP contribution in [-0.4, -0.2) is 5.91 Å².